The Morgan fingerprint density at radius 2 is 1.52 bits per heavy atom. The van der Waals surface area contributed by atoms with E-state index in [2.05, 4.69) is 27.9 Å². The van der Waals surface area contributed by atoms with Gasteiger partial charge in [-0.25, -0.2) is 9.69 Å². The predicted molar refractivity (Wildman–Crippen MR) is 179 cm³/mol. The van der Waals surface area contributed by atoms with Gasteiger partial charge in [-0.3, -0.25) is 25.0 Å². The minimum atomic E-state index is -0.874. The van der Waals surface area contributed by atoms with Gasteiger partial charge in [0.2, 0.25) is 0 Å². The van der Waals surface area contributed by atoms with E-state index in [-0.39, 0.29) is 23.6 Å². The minimum Gasteiger partial charge on any atom is -0.490 e. The average molecular weight is 754 g/mol. The van der Waals surface area contributed by atoms with Gasteiger partial charge in [0.25, 0.3) is 17.5 Å². The first-order valence-corrected chi connectivity index (χ1v) is 15.3. The largest absolute Gasteiger partial charge is 0.490 e. The molecule has 0 atom stereocenters. The molecule has 0 radical (unpaired) electrons. The molecule has 11 nitrogen and oxygen atoms in total. The van der Waals surface area contributed by atoms with Crippen molar-refractivity contribution in [3.8, 4) is 17.2 Å². The van der Waals surface area contributed by atoms with Gasteiger partial charge in [-0.05, 0) is 113 Å². The Bertz CT molecular complexity index is 1830. The predicted octanol–water partition coefficient (Wildman–Crippen LogP) is 7.08. The van der Waals surface area contributed by atoms with Crippen LogP contribution >= 0.6 is 34.2 Å². The van der Waals surface area contributed by atoms with Crippen molar-refractivity contribution in [3.63, 3.8) is 0 Å². The van der Waals surface area contributed by atoms with E-state index in [9.17, 15) is 24.5 Å². The number of barbiturate groups is 1. The molecule has 0 spiro atoms. The lowest BCUT2D eigenvalue weighted by atomic mass is 10.1. The third-order valence-corrected chi connectivity index (χ3v) is 7.74. The number of benzene rings is 4. The average Bonchev–Trinajstić information content (AvgIpc) is 3.03. The molecule has 0 aliphatic carbocycles. The highest BCUT2D eigenvalue weighted by molar-refractivity contribution is 14.1. The molecule has 0 unspecified atom stereocenters. The number of imide groups is 2. The van der Waals surface area contributed by atoms with Crippen molar-refractivity contribution in [1.29, 1.82) is 0 Å². The number of nitrogens with one attached hydrogen (secondary N) is 1. The van der Waals surface area contributed by atoms with Crippen molar-refractivity contribution in [3.05, 3.63) is 126 Å². The maximum Gasteiger partial charge on any atom is 0.335 e. The van der Waals surface area contributed by atoms with E-state index in [1.54, 1.807) is 67.6 Å². The Kier molecular flexibility index (Phi) is 10.2. The summed E-state index contributed by atoms with van der Waals surface area (Å²) in [5.74, 6) is -0.313. The van der Waals surface area contributed by atoms with Gasteiger partial charge < -0.3 is 14.2 Å². The first-order chi connectivity index (χ1) is 22.1. The summed E-state index contributed by atoms with van der Waals surface area (Å²) in [6.45, 7) is 2.53. The van der Waals surface area contributed by atoms with Crippen LogP contribution in [0, 0.1) is 13.7 Å². The lowest BCUT2D eigenvalue weighted by Gasteiger charge is -2.26. The number of halogens is 2. The van der Waals surface area contributed by atoms with Crippen LogP contribution in [0.15, 0.2) is 90.5 Å². The summed E-state index contributed by atoms with van der Waals surface area (Å²) in [5, 5.41) is 13.8. The summed E-state index contributed by atoms with van der Waals surface area (Å²) in [5.41, 5.74) is 2.07. The topological polar surface area (TPSA) is 137 Å². The maximum atomic E-state index is 13.5. The second-order valence-corrected chi connectivity index (χ2v) is 11.4. The molecule has 1 N–H and O–H groups in total. The van der Waals surface area contributed by atoms with E-state index in [0.717, 1.165) is 10.5 Å². The zero-order chi connectivity index (χ0) is 32.8. The number of nitro benzene ring substituents is 1. The number of urea groups is 1. The molecule has 1 heterocycles. The number of carbonyl (C=O) groups is 3. The Labute approximate surface area is 282 Å². The fourth-order valence-corrected chi connectivity index (χ4v) is 5.35. The van der Waals surface area contributed by atoms with Crippen LogP contribution in [0.3, 0.4) is 0 Å². The molecule has 13 heteroatoms. The van der Waals surface area contributed by atoms with Crippen LogP contribution in [0.2, 0.25) is 5.02 Å². The van der Waals surface area contributed by atoms with Gasteiger partial charge in [0.1, 0.15) is 24.5 Å². The van der Waals surface area contributed by atoms with Gasteiger partial charge in [0.15, 0.2) is 11.5 Å². The highest BCUT2D eigenvalue weighted by Gasteiger charge is 2.37. The van der Waals surface area contributed by atoms with Gasteiger partial charge in [-0.2, -0.15) is 0 Å². The second-order valence-electron chi connectivity index (χ2n) is 9.84. The van der Waals surface area contributed by atoms with Gasteiger partial charge in [0, 0.05) is 17.2 Å². The number of nitrogens with zero attached hydrogens (tertiary/aromatic N) is 2. The van der Waals surface area contributed by atoms with Crippen LogP contribution in [0.4, 0.5) is 16.2 Å². The third kappa shape index (κ3) is 7.64. The Balaban J connectivity index is 1.34. The van der Waals surface area contributed by atoms with Crippen molar-refractivity contribution in [1.82, 2.24) is 5.32 Å². The van der Waals surface area contributed by atoms with Crippen molar-refractivity contribution < 1.29 is 33.5 Å². The van der Waals surface area contributed by atoms with E-state index < -0.39 is 22.8 Å². The van der Waals surface area contributed by atoms with Gasteiger partial charge in [-0.15, -0.1) is 0 Å². The highest BCUT2D eigenvalue weighted by Crippen LogP contribution is 2.36. The molecule has 1 fully saturated rings. The third-order valence-electron chi connectivity index (χ3n) is 6.69. The van der Waals surface area contributed by atoms with Crippen LogP contribution in [0.1, 0.15) is 23.6 Å². The van der Waals surface area contributed by atoms with E-state index in [1.165, 1.54) is 18.2 Å². The number of hydrogen-bond donors (Lipinski definition) is 1. The lowest BCUT2D eigenvalue weighted by Crippen LogP contribution is -2.54. The summed E-state index contributed by atoms with van der Waals surface area (Å²) < 4.78 is 18.2. The maximum absolute atomic E-state index is 13.5. The van der Waals surface area contributed by atoms with E-state index in [1.807, 2.05) is 12.1 Å². The summed E-state index contributed by atoms with van der Waals surface area (Å²) in [6.07, 6.45) is 1.38. The first kappa shape index (κ1) is 32.4. The molecule has 1 aliphatic rings. The molecule has 4 amide bonds. The molecule has 0 bridgehead atoms. The molecular weight excluding hydrogens is 729 g/mol. The van der Waals surface area contributed by atoms with Crippen molar-refractivity contribution in [2.45, 2.75) is 20.1 Å². The molecule has 1 aliphatic heterocycles. The lowest BCUT2D eigenvalue weighted by molar-refractivity contribution is -0.384. The van der Waals surface area contributed by atoms with Gasteiger partial charge in [-0.1, -0.05) is 23.7 Å². The number of hydrogen-bond acceptors (Lipinski definition) is 8. The monoisotopic (exact) mass is 753 g/mol. The minimum absolute atomic E-state index is 0.0245. The second kappa shape index (κ2) is 14.4. The highest BCUT2D eigenvalue weighted by atomic mass is 127. The van der Waals surface area contributed by atoms with Crippen LogP contribution in [0.25, 0.3) is 6.08 Å². The molecule has 46 heavy (non-hydrogen) atoms. The Morgan fingerprint density at radius 1 is 0.891 bits per heavy atom. The molecule has 1 saturated heterocycles. The summed E-state index contributed by atoms with van der Waals surface area (Å²) in [7, 11) is 0. The van der Waals surface area contributed by atoms with E-state index in [4.69, 9.17) is 25.8 Å². The number of amides is 4. The smallest absolute Gasteiger partial charge is 0.335 e. The van der Waals surface area contributed by atoms with Gasteiger partial charge in [0.05, 0.1) is 20.8 Å². The van der Waals surface area contributed by atoms with Crippen LogP contribution in [-0.4, -0.2) is 29.4 Å². The summed E-state index contributed by atoms with van der Waals surface area (Å²) in [4.78, 5) is 50.4. The van der Waals surface area contributed by atoms with Gasteiger partial charge >= 0.3 is 6.03 Å². The number of non-ortho nitro benzene ring substituents is 1. The number of nitro groups is 1. The Hall–Kier alpha value is -4.95. The molecule has 4 aromatic rings. The fourth-order valence-electron chi connectivity index (χ4n) is 4.44. The normalized spacial score (nSPS) is 13.8. The van der Waals surface area contributed by atoms with E-state index in [0.29, 0.717) is 50.2 Å². The Morgan fingerprint density at radius 3 is 2.15 bits per heavy atom. The molecule has 234 valence electrons. The fraction of sp³-hybridized carbons (Fsp3) is 0.121. The molecular formula is C33H25ClIN3O8. The van der Waals surface area contributed by atoms with Crippen LogP contribution in [0.5, 0.6) is 17.2 Å². The standard InChI is InChI=1S/C33H25ClIN3O8/c1-2-44-29-17-22(16-28(35)30(29)46-19-21-5-9-25(10-6-21)38(42)43)15-27-31(39)36-33(41)37(32(27)40)24-11-13-26(14-12-24)45-18-20-3-7-23(34)8-4-20/h3-17H,2,18-19H2,1H3,(H,36,39,41)/b27-15+. The summed E-state index contributed by atoms with van der Waals surface area (Å²) in [6, 6.07) is 22.0. The quantitative estimate of drug-likeness (QED) is 0.0565. The van der Waals surface area contributed by atoms with Crippen molar-refractivity contribution >= 4 is 69.5 Å². The van der Waals surface area contributed by atoms with Crippen LogP contribution in [-0.2, 0) is 22.8 Å². The molecule has 0 saturated carbocycles. The first-order valence-electron chi connectivity index (χ1n) is 13.8. The molecule has 0 aromatic heterocycles. The molecule has 4 aromatic carbocycles. The number of ether oxygens (including phenoxy) is 3. The number of anilines is 1. The molecule has 5 rings (SSSR count). The van der Waals surface area contributed by atoms with E-state index >= 15 is 0 Å². The van der Waals surface area contributed by atoms with Crippen LogP contribution < -0.4 is 24.4 Å². The van der Waals surface area contributed by atoms with Crippen molar-refractivity contribution in [2.75, 3.05) is 11.5 Å². The number of carbonyl (C=O) groups excluding carboxylic acids is 3. The zero-order valence-electron chi connectivity index (χ0n) is 24.2. The summed E-state index contributed by atoms with van der Waals surface area (Å²) >= 11 is 7.98. The number of rotatable bonds is 11. The zero-order valence-corrected chi connectivity index (χ0v) is 27.1. The van der Waals surface area contributed by atoms with Crippen molar-refractivity contribution in [2.24, 2.45) is 0 Å². The SMILES string of the molecule is CCOc1cc(/C=C2\C(=O)NC(=O)N(c3ccc(OCc4ccc(Cl)cc4)cc3)C2=O)cc(I)c1OCc1ccc([N+](=O)[O-])cc1.